The highest BCUT2D eigenvalue weighted by Gasteiger charge is 2.36. The Morgan fingerprint density at radius 1 is 1.32 bits per heavy atom. The lowest BCUT2D eigenvalue weighted by molar-refractivity contribution is -0.131. The fraction of sp³-hybridized carbons (Fsp3) is 0.933. The summed E-state index contributed by atoms with van der Waals surface area (Å²) >= 11 is 0. The molecule has 1 saturated heterocycles. The molecule has 0 aliphatic carbocycles. The minimum absolute atomic E-state index is 0.0431. The first-order valence-electron chi connectivity index (χ1n) is 7.59. The normalized spacial score (nSPS) is 23.1. The second kappa shape index (κ2) is 6.71. The average molecular weight is 270 g/mol. The predicted molar refractivity (Wildman–Crippen MR) is 78.2 cm³/mol. The fourth-order valence-electron chi connectivity index (χ4n) is 2.78. The van der Waals surface area contributed by atoms with Crippen molar-refractivity contribution in [2.45, 2.75) is 77.5 Å². The highest BCUT2D eigenvalue weighted by Crippen LogP contribution is 2.31. The van der Waals surface area contributed by atoms with Gasteiger partial charge in [0.2, 0.25) is 5.91 Å². The highest BCUT2D eigenvalue weighted by molar-refractivity contribution is 5.85. The van der Waals surface area contributed by atoms with Crippen molar-refractivity contribution in [2.24, 2.45) is 0 Å². The van der Waals surface area contributed by atoms with Gasteiger partial charge in [-0.15, -0.1) is 0 Å². The first kappa shape index (κ1) is 16.4. The Hall–Kier alpha value is -0.610. The number of ether oxygens (including phenoxy) is 1. The number of hydrogen-bond donors (Lipinski definition) is 2. The van der Waals surface area contributed by atoms with Crippen molar-refractivity contribution >= 4 is 5.91 Å². The SMILES string of the molecule is CCNC(C)(C)C(=O)NC1CCOC(CC)(CC)C1. The second-order valence-corrected chi connectivity index (χ2v) is 6.06. The van der Waals surface area contributed by atoms with E-state index >= 15 is 0 Å². The number of amides is 1. The number of carbonyl (C=O) groups is 1. The molecule has 1 atom stereocenters. The molecule has 0 bridgehead atoms. The number of nitrogens with one attached hydrogen (secondary N) is 2. The van der Waals surface area contributed by atoms with Gasteiger partial charge in [0.05, 0.1) is 11.1 Å². The van der Waals surface area contributed by atoms with Crippen LogP contribution in [0.25, 0.3) is 0 Å². The molecule has 1 fully saturated rings. The standard InChI is InChI=1S/C15H30N2O2/c1-6-15(7-2)11-12(9-10-19-15)17-13(18)14(4,5)16-8-3/h12,16H,6-11H2,1-5H3,(H,17,18). The molecule has 0 saturated carbocycles. The van der Waals surface area contributed by atoms with Gasteiger partial charge in [-0.2, -0.15) is 0 Å². The summed E-state index contributed by atoms with van der Waals surface area (Å²) in [5.41, 5.74) is -0.549. The molecular formula is C15H30N2O2. The smallest absolute Gasteiger partial charge is 0.239 e. The van der Waals surface area contributed by atoms with Crippen molar-refractivity contribution in [3.8, 4) is 0 Å². The summed E-state index contributed by atoms with van der Waals surface area (Å²) in [4.78, 5) is 12.3. The van der Waals surface area contributed by atoms with Crippen LogP contribution >= 0.6 is 0 Å². The van der Waals surface area contributed by atoms with E-state index in [0.717, 1.165) is 38.8 Å². The summed E-state index contributed by atoms with van der Waals surface area (Å²) < 4.78 is 5.94. The van der Waals surface area contributed by atoms with Gasteiger partial charge in [0.15, 0.2) is 0 Å². The first-order chi connectivity index (χ1) is 8.89. The molecule has 0 aromatic heterocycles. The molecule has 1 unspecified atom stereocenters. The van der Waals surface area contributed by atoms with Crippen LogP contribution in [0.4, 0.5) is 0 Å². The summed E-state index contributed by atoms with van der Waals surface area (Å²) in [5, 5.41) is 6.40. The Morgan fingerprint density at radius 2 is 1.95 bits per heavy atom. The molecule has 19 heavy (non-hydrogen) atoms. The molecule has 4 heteroatoms. The van der Waals surface area contributed by atoms with Crippen molar-refractivity contribution in [3.63, 3.8) is 0 Å². The Morgan fingerprint density at radius 3 is 2.47 bits per heavy atom. The van der Waals surface area contributed by atoms with Crippen LogP contribution in [0.3, 0.4) is 0 Å². The monoisotopic (exact) mass is 270 g/mol. The Labute approximate surface area is 117 Å². The third-order valence-electron chi connectivity index (χ3n) is 4.30. The lowest BCUT2D eigenvalue weighted by atomic mass is 9.85. The molecule has 0 spiro atoms. The van der Waals surface area contributed by atoms with E-state index in [2.05, 4.69) is 24.5 Å². The molecule has 0 aromatic carbocycles. The van der Waals surface area contributed by atoms with Crippen LogP contribution in [0.5, 0.6) is 0 Å². The van der Waals surface area contributed by atoms with E-state index in [1.165, 1.54) is 0 Å². The van der Waals surface area contributed by atoms with Crippen LogP contribution in [0, 0.1) is 0 Å². The molecule has 112 valence electrons. The average Bonchev–Trinajstić information content (AvgIpc) is 2.38. The zero-order valence-electron chi connectivity index (χ0n) is 13.1. The third kappa shape index (κ3) is 4.18. The van der Waals surface area contributed by atoms with Crippen LogP contribution in [0.1, 0.15) is 60.3 Å². The quantitative estimate of drug-likeness (QED) is 0.778. The van der Waals surface area contributed by atoms with Gasteiger partial charge in [-0.3, -0.25) is 4.79 Å². The predicted octanol–water partition coefficient (Wildman–Crippen LogP) is 2.23. The van der Waals surface area contributed by atoms with E-state index in [1.54, 1.807) is 0 Å². The van der Waals surface area contributed by atoms with E-state index in [1.807, 2.05) is 20.8 Å². The van der Waals surface area contributed by atoms with E-state index in [0.29, 0.717) is 0 Å². The topological polar surface area (TPSA) is 50.4 Å². The van der Waals surface area contributed by atoms with Gasteiger partial charge >= 0.3 is 0 Å². The van der Waals surface area contributed by atoms with E-state index in [4.69, 9.17) is 4.74 Å². The Balaban J connectivity index is 2.60. The number of likely N-dealkylation sites (N-methyl/N-ethyl adjacent to an activating group) is 1. The van der Waals surface area contributed by atoms with Crippen molar-refractivity contribution in [1.82, 2.24) is 10.6 Å². The lowest BCUT2D eigenvalue weighted by Gasteiger charge is -2.41. The van der Waals surface area contributed by atoms with Crippen molar-refractivity contribution in [1.29, 1.82) is 0 Å². The van der Waals surface area contributed by atoms with Crippen molar-refractivity contribution in [3.05, 3.63) is 0 Å². The van der Waals surface area contributed by atoms with Gasteiger partial charge in [-0.1, -0.05) is 20.8 Å². The second-order valence-electron chi connectivity index (χ2n) is 6.06. The molecular weight excluding hydrogens is 240 g/mol. The summed E-state index contributed by atoms with van der Waals surface area (Å²) in [6.45, 7) is 11.7. The molecule has 0 aromatic rings. The van der Waals surface area contributed by atoms with Crippen LogP contribution < -0.4 is 10.6 Å². The zero-order valence-corrected chi connectivity index (χ0v) is 13.1. The summed E-state index contributed by atoms with van der Waals surface area (Å²) in [6.07, 6.45) is 3.85. The molecule has 4 nitrogen and oxygen atoms in total. The molecule has 0 radical (unpaired) electrons. The van der Waals surface area contributed by atoms with Crippen LogP contribution in [-0.2, 0) is 9.53 Å². The maximum atomic E-state index is 12.3. The molecule has 1 aliphatic heterocycles. The number of hydrogen-bond acceptors (Lipinski definition) is 3. The highest BCUT2D eigenvalue weighted by atomic mass is 16.5. The summed E-state index contributed by atoms with van der Waals surface area (Å²) in [6, 6.07) is 0.235. The van der Waals surface area contributed by atoms with Crippen LogP contribution in [-0.4, -0.2) is 36.2 Å². The number of rotatable bonds is 6. The number of carbonyl (C=O) groups excluding carboxylic acids is 1. The van der Waals surface area contributed by atoms with Crippen molar-refractivity contribution in [2.75, 3.05) is 13.2 Å². The van der Waals surface area contributed by atoms with E-state index in [-0.39, 0.29) is 17.6 Å². The first-order valence-corrected chi connectivity index (χ1v) is 7.59. The van der Waals surface area contributed by atoms with Crippen LogP contribution in [0.15, 0.2) is 0 Å². The molecule has 1 rings (SSSR count). The Kier molecular flexibility index (Phi) is 5.81. The maximum Gasteiger partial charge on any atom is 0.239 e. The lowest BCUT2D eigenvalue weighted by Crippen LogP contribution is -2.57. The minimum Gasteiger partial charge on any atom is -0.375 e. The summed E-state index contributed by atoms with van der Waals surface area (Å²) in [7, 11) is 0. The van der Waals surface area contributed by atoms with Gasteiger partial charge in [0.1, 0.15) is 0 Å². The maximum absolute atomic E-state index is 12.3. The molecule has 1 aliphatic rings. The zero-order chi connectivity index (χ0) is 14.5. The van der Waals surface area contributed by atoms with Gasteiger partial charge in [0.25, 0.3) is 0 Å². The third-order valence-corrected chi connectivity index (χ3v) is 4.30. The minimum atomic E-state index is -0.506. The van der Waals surface area contributed by atoms with Gasteiger partial charge in [0, 0.05) is 12.6 Å². The van der Waals surface area contributed by atoms with Gasteiger partial charge in [-0.05, 0) is 46.1 Å². The molecule has 1 amide bonds. The van der Waals surface area contributed by atoms with E-state index < -0.39 is 5.54 Å². The van der Waals surface area contributed by atoms with Gasteiger partial charge < -0.3 is 15.4 Å². The summed E-state index contributed by atoms with van der Waals surface area (Å²) in [5.74, 6) is 0.0855. The molecule has 1 heterocycles. The van der Waals surface area contributed by atoms with Gasteiger partial charge in [-0.25, -0.2) is 0 Å². The fourth-order valence-corrected chi connectivity index (χ4v) is 2.78. The Bertz CT molecular complexity index is 299. The van der Waals surface area contributed by atoms with Crippen molar-refractivity contribution < 1.29 is 9.53 Å². The molecule has 2 N–H and O–H groups in total. The largest absolute Gasteiger partial charge is 0.375 e. The van der Waals surface area contributed by atoms with Crippen LogP contribution in [0.2, 0.25) is 0 Å². The van der Waals surface area contributed by atoms with E-state index in [9.17, 15) is 4.79 Å².